The summed E-state index contributed by atoms with van der Waals surface area (Å²) in [6.45, 7) is 1.99. The van der Waals surface area contributed by atoms with Gasteiger partial charge in [0.25, 0.3) is 0 Å². The van der Waals surface area contributed by atoms with Crippen LogP contribution in [-0.2, 0) is 14.3 Å². The molecule has 1 fully saturated rings. The number of benzene rings is 1. The zero-order valence-corrected chi connectivity index (χ0v) is 8.32. The second-order valence-corrected chi connectivity index (χ2v) is 3.52. The zero-order valence-electron chi connectivity index (χ0n) is 8.32. The summed E-state index contributed by atoms with van der Waals surface area (Å²) >= 11 is 0. The Bertz CT molecular complexity index is 440. The van der Waals surface area contributed by atoms with Crippen LogP contribution in [-0.4, -0.2) is 11.9 Å². The average molecular weight is 202 g/mol. The third kappa shape index (κ3) is 2.13. The number of cyclic esters (lactones) is 2. The maximum atomic E-state index is 11.1. The third-order valence-electron chi connectivity index (χ3n) is 2.22. The van der Waals surface area contributed by atoms with Crippen molar-refractivity contribution in [1.29, 1.82) is 0 Å². The highest BCUT2D eigenvalue weighted by Gasteiger charge is 2.26. The van der Waals surface area contributed by atoms with E-state index in [9.17, 15) is 9.59 Å². The standard InChI is InChI=1S/C12H10O3/c1-8-2-4-9(5-3-8)6-10-7-11(13)15-12(10)14/h2-6H,7H2,1H3. The molecule has 1 aromatic rings. The van der Waals surface area contributed by atoms with E-state index in [-0.39, 0.29) is 6.42 Å². The number of hydrogen-bond donors (Lipinski definition) is 0. The van der Waals surface area contributed by atoms with Gasteiger partial charge in [0.2, 0.25) is 0 Å². The van der Waals surface area contributed by atoms with Crippen LogP contribution in [0.4, 0.5) is 0 Å². The molecule has 3 heteroatoms. The van der Waals surface area contributed by atoms with Crippen LogP contribution in [0.25, 0.3) is 6.08 Å². The Morgan fingerprint density at radius 2 is 1.87 bits per heavy atom. The number of carbonyl (C=O) groups is 2. The summed E-state index contributed by atoms with van der Waals surface area (Å²) in [5, 5.41) is 0. The largest absolute Gasteiger partial charge is 0.389 e. The van der Waals surface area contributed by atoms with E-state index in [1.807, 2.05) is 31.2 Å². The van der Waals surface area contributed by atoms with Crippen LogP contribution < -0.4 is 0 Å². The van der Waals surface area contributed by atoms with Gasteiger partial charge in [-0.3, -0.25) is 4.79 Å². The molecule has 0 saturated carbocycles. The first kappa shape index (κ1) is 9.65. The van der Waals surface area contributed by atoms with Crippen molar-refractivity contribution >= 4 is 18.0 Å². The molecule has 1 aliphatic heterocycles. The fraction of sp³-hybridized carbons (Fsp3) is 0.167. The maximum Gasteiger partial charge on any atom is 0.342 e. The topological polar surface area (TPSA) is 43.4 Å². The smallest absolute Gasteiger partial charge is 0.342 e. The molecule has 15 heavy (non-hydrogen) atoms. The fourth-order valence-corrected chi connectivity index (χ4v) is 1.41. The van der Waals surface area contributed by atoms with E-state index in [1.165, 1.54) is 0 Å². The van der Waals surface area contributed by atoms with E-state index >= 15 is 0 Å². The Labute approximate surface area is 87.4 Å². The molecule has 2 rings (SSSR count). The Hall–Kier alpha value is -1.90. The van der Waals surface area contributed by atoms with Gasteiger partial charge in [-0.05, 0) is 18.6 Å². The Balaban J connectivity index is 2.27. The normalized spacial score (nSPS) is 18.3. The van der Waals surface area contributed by atoms with Crippen molar-refractivity contribution in [3.63, 3.8) is 0 Å². The minimum absolute atomic E-state index is 0.0761. The van der Waals surface area contributed by atoms with Crippen molar-refractivity contribution in [2.45, 2.75) is 13.3 Å². The van der Waals surface area contributed by atoms with E-state index in [1.54, 1.807) is 6.08 Å². The SMILES string of the molecule is Cc1ccc(C=C2CC(=O)OC2=O)cc1. The van der Waals surface area contributed by atoms with Crippen molar-refractivity contribution in [2.75, 3.05) is 0 Å². The van der Waals surface area contributed by atoms with Crippen LogP contribution in [0.5, 0.6) is 0 Å². The zero-order chi connectivity index (χ0) is 10.8. The first-order valence-corrected chi connectivity index (χ1v) is 4.67. The molecule has 0 spiro atoms. The lowest BCUT2D eigenvalue weighted by atomic mass is 10.1. The van der Waals surface area contributed by atoms with Crippen LogP contribution in [0.1, 0.15) is 17.5 Å². The number of hydrogen-bond acceptors (Lipinski definition) is 3. The molecular weight excluding hydrogens is 192 g/mol. The lowest BCUT2D eigenvalue weighted by Gasteiger charge is -1.95. The van der Waals surface area contributed by atoms with Crippen molar-refractivity contribution < 1.29 is 14.3 Å². The second kappa shape index (κ2) is 3.69. The van der Waals surface area contributed by atoms with Gasteiger partial charge in [0.15, 0.2) is 0 Å². The number of rotatable bonds is 1. The van der Waals surface area contributed by atoms with Gasteiger partial charge in [0, 0.05) is 5.57 Å². The van der Waals surface area contributed by atoms with Gasteiger partial charge in [-0.15, -0.1) is 0 Å². The molecule has 1 saturated heterocycles. The highest BCUT2D eigenvalue weighted by Crippen LogP contribution is 2.18. The number of aryl methyl sites for hydroxylation is 1. The van der Waals surface area contributed by atoms with Gasteiger partial charge in [0.05, 0.1) is 6.42 Å². The summed E-state index contributed by atoms with van der Waals surface area (Å²) < 4.78 is 4.42. The Morgan fingerprint density at radius 3 is 2.40 bits per heavy atom. The van der Waals surface area contributed by atoms with Crippen molar-refractivity contribution in [1.82, 2.24) is 0 Å². The maximum absolute atomic E-state index is 11.1. The molecule has 0 atom stereocenters. The molecule has 0 unspecified atom stereocenters. The molecule has 0 bridgehead atoms. The van der Waals surface area contributed by atoms with Crippen molar-refractivity contribution in [2.24, 2.45) is 0 Å². The van der Waals surface area contributed by atoms with Crippen LogP contribution in [0.2, 0.25) is 0 Å². The lowest BCUT2D eigenvalue weighted by molar-refractivity contribution is -0.151. The highest BCUT2D eigenvalue weighted by atomic mass is 16.6. The van der Waals surface area contributed by atoms with E-state index in [4.69, 9.17) is 0 Å². The third-order valence-corrected chi connectivity index (χ3v) is 2.22. The molecule has 76 valence electrons. The molecule has 1 aliphatic rings. The fourth-order valence-electron chi connectivity index (χ4n) is 1.41. The van der Waals surface area contributed by atoms with Gasteiger partial charge in [0.1, 0.15) is 0 Å². The molecule has 3 nitrogen and oxygen atoms in total. The quantitative estimate of drug-likeness (QED) is 0.396. The summed E-state index contributed by atoms with van der Waals surface area (Å²) in [5.41, 5.74) is 2.48. The highest BCUT2D eigenvalue weighted by molar-refractivity contribution is 6.08. The van der Waals surface area contributed by atoms with Crippen molar-refractivity contribution in [3.8, 4) is 0 Å². The Morgan fingerprint density at radius 1 is 1.20 bits per heavy atom. The van der Waals surface area contributed by atoms with Gasteiger partial charge in [-0.25, -0.2) is 4.79 Å². The molecule has 0 N–H and O–H groups in total. The van der Waals surface area contributed by atoms with Crippen LogP contribution in [0.15, 0.2) is 29.8 Å². The summed E-state index contributed by atoms with van der Waals surface area (Å²) in [6.07, 6.45) is 1.76. The first-order valence-electron chi connectivity index (χ1n) is 4.67. The molecule has 0 aromatic heterocycles. The summed E-state index contributed by atoms with van der Waals surface area (Å²) in [4.78, 5) is 22.0. The lowest BCUT2D eigenvalue weighted by Crippen LogP contribution is -1.96. The molecule has 1 heterocycles. The number of carbonyl (C=O) groups excluding carboxylic acids is 2. The van der Waals surface area contributed by atoms with E-state index in [2.05, 4.69) is 4.74 Å². The second-order valence-electron chi connectivity index (χ2n) is 3.52. The minimum Gasteiger partial charge on any atom is -0.389 e. The minimum atomic E-state index is -0.527. The van der Waals surface area contributed by atoms with Crippen LogP contribution >= 0.6 is 0 Å². The summed E-state index contributed by atoms with van der Waals surface area (Å²) in [6, 6.07) is 7.71. The average Bonchev–Trinajstić information content (AvgIpc) is 2.49. The molecule has 1 aromatic carbocycles. The van der Waals surface area contributed by atoms with Crippen LogP contribution in [0, 0.1) is 6.92 Å². The summed E-state index contributed by atoms with van der Waals surface area (Å²) in [7, 11) is 0. The van der Waals surface area contributed by atoms with Gasteiger partial charge >= 0.3 is 11.9 Å². The molecular formula is C12H10O3. The first-order chi connectivity index (χ1) is 7.15. The van der Waals surface area contributed by atoms with E-state index < -0.39 is 11.9 Å². The predicted octanol–water partition coefficient (Wildman–Crippen LogP) is 1.85. The Kier molecular flexibility index (Phi) is 2.37. The van der Waals surface area contributed by atoms with E-state index in [0.717, 1.165) is 11.1 Å². The number of ether oxygens (including phenoxy) is 1. The molecule has 0 aliphatic carbocycles. The van der Waals surface area contributed by atoms with E-state index in [0.29, 0.717) is 5.57 Å². The van der Waals surface area contributed by atoms with Gasteiger partial charge in [-0.2, -0.15) is 0 Å². The number of esters is 2. The summed E-state index contributed by atoms with van der Waals surface area (Å²) in [5.74, 6) is -1.00. The van der Waals surface area contributed by atoms with Crippen molar-refractivity contribution in [3.05, 3.63) is 41.0 Å². The van der Waals surface area contributed by atoms with Crippen LogP contribution in [0.3, 0.4) is 0 Å². The van der Waals surface area contributed by atoms with Gasteiger partial charge in [-0.1, -0.05) is 29.8 Å². The predicted molar refractivity (Wildman–Crippen MR) is 54.9 cm³/mol. The molecule has 0 radical (unpaired) electrons. The molecule has 0 amide bonds. The monoisotopic (exact) mass is 202 g/mol. The van der Waals surface area contributed by atoms with Gasteiger partial charge < -0.3 is 4.74 Å².